The van der Waals surface area contributed by atoms with Gasteiger partial charge >= 0.3 is 0 Å². The molecule has 0 rings (SSSR count). The zero-order chi connectivity index (χ0) is 0. The van der Waals surface area contributed by atoms with Crippen molar-refractivity contribution in [3.8, 4) is 0 Å². The van der Waals surface area contributed by atoms with E-state index in [0.717, 1.165) is 0 Å². The Labute approximate surface area is 121 Å². The van der Waals surface area contributed by atoms with E-state index in [1.165, 1.54) is 0 Å². The fourth-order valence-electron chi connectivity index (χ4n) is 0. The summed E-state index contributed by atoms with van der Waals surface area (Å²) in [6.07, 6.45) is 0. The van der Waals surface area contributed by atoms with Gasteiger partial charge in [-0.25, -0.2) is 0 Å². The van der Waals surface area contributed by atoms with Crippen LogP contribution in [0.5, 0.6) is 0 Å². The first-order chi connectivity index (χ1) is 0. The van der Waals surface area contributed by atoms with E-state index in [9.17, 15) is 0 Å². The fraction of sp³-hybridized carbons (Fsp3) is 0. The molecule has 7 heteroatoms. The van der Waals surface area contributed by atoms with E-state index in [1.807, 2.05) is 0 Å². The number of halogens is 6. The van der Waals surface area contributed by atoms with Crippen LogP contribution in [0.2, 0.25) is 0 Å². The molecule has 0 heterocycles. The third-order valence-electron chi connectivity index (χ3n) is 0. The minimum Gasteiger partial charge on any atom is -0.114 e. The van der Waals surface area contributed by atoms with Crippen molar-refractivity contribution in [2.75, 3.05) is 0 Å². The zero-order valence-corrected chi connectivity index (χ0v) is 16.1. The number of hydrogen-bond acceptors (Lipinski definition) is 0. The summed E-state index contributed by atoms with van der Waals surface area (Å²) in [6.45, 7) is 0. The molecule has 0 saturated heterocycles. The second-order valence-corrected chi connectivity index (χ2v) is 0. The number of hydrogen-bond donors (Lipinski definition) is 0. The predicted octanol–water partition coefficient (Wildman–Crippen LogP) is 3.46. The molecule has 0 unspecified atom stereocenters. The van der Waals surface area contributed by atoms with Gasteiger partial charge in [0.1, 0.15) is 0 Å². The molecular formula is H6Br6W. The Morgan fingerprint density at radius 3 is 0.286 bits per heavy atom. The molecule has 0 spiro atoms. The smallest absolute Gasteiger partial charge is 0 e. The molecule has 0 aromatic carbocycles. The van der Waals surface area contributed by atoms with Crippen molar-refractivity contribution in [3.05, 3.63) is 0 Å². The average Bonchev–Trinajstić information content (AvgIpc) is 0. The monoisotopic (exact) mass is 664 g/mol. The van der Waals surface area contributed by atoms with Crippen LogP contribution in [-0.2, 0) is 21.1 Å². The molecule has 0 saturated carbocycles. The van der Waals surface area contributed by atoms with Crippen LogP contribution in [0.15, 0.2) is 0 Å². The third-order valence-corrected chi connectivity index (χ3v) is 0. The van der Waals surface area contributed by atoms with E-state index in [4.69, 9.17) is 0 Å². The van der Waals surface area contributed by atoms with Crippen molar-refractivity contribution < 1.29 is 21.1 Å². The van der Waals surface area contributed by atoms with E-state index >= 15 is 0 Å². The maximum absolute atomic E-state index is 0. The molecule has 0 aliphatic carbocycles. The summed E-state index contributed by atoms with van der Waals surface area (Å²) in [5.74, 6) is 0. The maximum Gasteiger partial charge on any atom is 0 e. The summed E-state index contributed by atoms with van der Waals surface area (Å²) < 4.78 is 0. The quantitative estimate of drug-likeness (QED) is 0.371. The summed E-state index contributed by atoms with van der Waals surface area (Å²) in [5.41, 5.74) is 0. The second-order valence-electron chi connectivity index (χ2n) is 0. The largest absolute Gasteiger partial charge is 0.114 e. The second kappa shape index (κ2) is 55.2. The Balaban J connectivity index is 0. The van der Waals surface area contributed by atoms with E-state index in [0.29, 0.717) is 0 Å². The van der Waals surface area contributed by atoms with Crippen LogP contribution in [0, 0.1) is 0 Å². The SMILES string of the molecule is Br.Br.Br.Br.Br.Br.[W]. The summed E-state index contributed by atoms with van der Waals surface area (Å²) in [5, 5.41) is 0. The first kappa shape index (κ1) is 76.0. The maximum atomic E-state index is 0. The Morgan fingerprint density at radius 2 is 0.286 bits per heavy atom. The van der Waals surface area contributed by atoms with Gasteiger partial charge in [-0.2, -0.15) is 0 Å². The molecular weight excluding hydrogens is 663 g/mol. The minimum absolute atomic E-state index is 0. The summed E-state index contributed by atoms with van der Waals surface area (Å²) >= 11 is 0. The van der Waals surface area contributed by atoms with Crippen LogP contribution in [0.25, 0.3) is 0 Å². The van der Waals surface area contributed by atoms with E-state index in [2.05, 4.69) is 0 Å². The van der Waals surface area contributed by atoms with Gasteiger partial charge in [0.2, 0.25) is 0 Å². The molecule has 0 aromatic rings. The molecule has 0 aliphatic rings. The zero-order valence-electron chi connectivity index (χ0n) is 2.86. The van der Waals surface area contributed by atoms with Crippen molar-refractivity contribution >= 4 is 102 Å². The molecule has 7 heavy (non-hydrogen) atoms. The average molecular weight is 669 g/mol. The molecule has 0 radical (unpaired) electrons. The summed E-state index contributed by atoms with van der Waals surface area (Å²) in [6, 6.07) is 0. The van der Waals surface area contributed by atoms with Crippen molar-refractivity contribution in [2.45, 2.75) is 0 Å². The van der Waals surface area contributed by atoms with E-state index in [-0.39, 0.29) is 123 Å². The molecule has 54 valence electrons. The van der Waals surface area contributed by atoms with Gasteiger partial charge in [-0.15, -0.1) is 102 Å². The first-order valence-corrected chi connectivity index (χ1v) is 0. The molecule has 0 nitrogen and oxygen atoms in total. The van der Waals surface area contributed by atoms with Gasteiger partial charge < -0.3 is 0 Å². The Morgan fingerprint density at radius 1 is 0.286 bits per heavy atom. The van der Waals surface area contributed by atoms with Crippen LogP contribution in [0.1, 0.15) is 0 Å². The molecule has 0 aromatic heterocycles. The molecule has 0 fully saturated rings. The molecule has 0 atom stereocenters. The van der Waals surface area contributed by atoms with Crippen molar-refractivity contribution in [1.29, 1.82) is 0 Å². The van der Waals surface area contributed by atoms with Crippen molar-refractivity contribution in [1.82, 2.24) is 0 Å². The van der Waals surface area contributed by atoms with Gasteiger partial charge in [0.25, 0.3) is 0 Å². The predicted molar refractivity (Wildman–Crippen MR) is 61.9 cm³/mol. The normalized spacial score (nSPS) is 0. The van der Waals surface area contributed by atoms with Gasteiger partial charge in [-0.1, -0.05) is 0 Å². The van der Waals surface area contributed by atoms with E-state index in [1.54, 1.807) is 0 Å². The van der Waals surface area contributed by atoms with Crippen LogP contribution in [-0.4, -0.2) is 0 Å². The molecule has 0 N–H and O–H groups in total. The summed E-state index contributed by atoms with van der Waals surface area (Å²) in [4.78, 5) is 0. The van der Waals surface area contributed by atoms with Crippen LogP contribution in [0.4, 0.5) is 0 Å². The number of rotatable bonds is 0. The Kier molecular flexibility index (Phi) is 599. The van der Waals surface area contributed by atoms with Gasteiger partial charge in [0, 0.05) is 21.1 Å². The van der Waals surface area contributed by atoms with Crippen LogP contribution >= 0.6 is 102 Å². The van der Waals surface area contributed by atoms with Crippen LogP contribution < -0.4 is 0 Å². The standard InChI is InChI=1S/6BrH.W/h6*1H;. The van der Waals surface area contributed by atoms with Crippen molar-refractivity contribution in [3.63, 3.8) is 0 Å². The van der Waals surface area contributed by atoms with Gasteiger partial charge in [0.15, 0.2) is 0 Å². The Bertz CT molecular complexity index is 4.14. The third kappa shape index (κ3) is 43.0. The minimum atomic E-state index is 0. The molecule has 0 aliphatic heterocycles. The molecule has 0 bridgehead atoms. The molecule has 0 amide bonds. The van der Waals surface area contributed by atoms with Gasteiger partial charge in [-0.05, 0) is 0 Å². The summed E-state index contributed by atoms with van der Waals surface area (Å²) in [7, 11) is 0. The van der Waals surface area contributed by atoms with E-state index < -0.39 is 0 Å². The Hall–Kier alpha value is 3.57. The van der Waals surface area contributed by atoms with Gasteiger partial charge in [0.05, 0.1) is 0 Å². The van der Waals surface area contributed by atoms with Crippen molar-refractivity contribution in [2.24, 2.45) is 0 Å². The first-order valence-electron chi connectivity index (χ1n) is 0. The van der Waals surface area contributed by atoms with Crippen LogP contribution in [0.3, 0.4) is 0 Å². The van der Waals surface area contributed by atoms with Gasteiger partial charge in [-0.3, -0.25) is 0 Å². The topological polar surface area (TPSA) is 0 Å². The fourth-order valence-corrected chi connectivity index (χ4v) is 0.